The summed E-state index contributed by atoms with van der Waals surface area (Å²) in [5, 5.41) is 0. The minimum atomic E-state index is -4.24. The highest BCUT2D eigenvalue weighted by molar-refractivity contribution is 6.17. The summed E-state index contributed by atoms with van der Waals surface area (Å²) < 4.78 is 43.6. The van der Waals surface area contributed by atoms with Gasteiger partial charge >= 0.3 is 6.18 Å². The molecule has 2 aromatic rings. The molecule has 2 heterocycles. The van der Waals surface area contributed by atoms with Gasteiger partial charge in [0.25, 0.3) is 0 Å². The first-order valence-electron chi connectivity index (χ1n) is 5.83. The van der Waals surface area contributed by atoms with Crippen LogP contribution in [0.4, 0.5) is 13.2 Å². The summed E-state index contributed by atoms with van der Waals surface area (Å²) in [5.74, 6) is 0.931. The first-order chi connectivity index (χ1) is 9.46. The van der Waals surface area contributed by atoms with Crippen LogP contribution >= 0.6 is 11.6 Å². The molecule has 0 bridgehead atoms. The Morgan fingerprint density at radius 3 is 2.70 bits per heavy atom. The average Bonchev–Trinajstić information content (AvgIpc) is 2.73. The van der Waals surface area contributed by atoms with Gasteiger partial charge in [0.2, 0.25) is 5.88 Å². The molecule has 0 fully saturated rings. The predicted octanol–water partition coefficient (Wildman–Crippen LogP) is 2.57. The minimum absolute atomic E-state index is 0.233. The van der Waals surface area contributed by atoms with Crippen LogP contribution in [0, 0.1) is 0 Å². The lowest BCUT2D eigenvalue weighted by Gasteiger charge is -2.10. The van der Waals surface area contributed by atoms with Gasteiger partial charge in [-0.1, -0.05) is 0 Å². The number of imidazole rings is 1. The van der Waals surface area contributed by atoms with E-state index in [1.54, 1.807) is 0 Å². The third-order valence-electron chi connectivity index (χ3n) is 2.71. The maximum atomic E-state index is 12.4. The number of aromatic nitrogens is 4. The van der Waals surface area contributed by atoms with Crippen molar-refractivity contribution in [1.82, 2.24) is 19.5 Å². The Morgan fingerprint density at radius 2 is 2.10 bits per heavy atom. The number of halogens is 4. The Balaban J connectivity index is 2.46. The van der Waals surface area contributed by atoms with E-state index in [0.29, 0.717) is 23.4 Å². The zero-order valence-electron chi connectivity index (χ0n) is 10.6. The van der Waals surface area contributed by atoms with E-state index >= 15 is 0 Å². The van der Waals surface area contributed by atoms with Crippen molar-refractivity contribution in [3.8, 4) is 5.88 Å². The average molecular weight is 309 g/mol. The van der Waals surface area contributed by atoms with E-state index in [0.717, 1.165) is 0 Å². The normalized spacial score (nSPS) is 12.1. The first kappa shape index (κ1) is 14.8. The van der Waals surface area contributed by atoms with Crippen LogP contribution in [0.2, 0.25) is 0 Å². The van der Waals surface area contributed by atoms with E-state index in [1.165, 1.54) is 18.0 Å². The molecule has 0 amide bonds. The maximum absolute atomic E-state index is 12.4. The van der Waals surface area contributed by atoms with Crippen LogP contribution in [0.5, 0.6) is 5.88 Å². The van der Waals surface area contributed by atoms with E-state index in [-0.39, 0.29) is 18.3 Å². The van der Waals surface area contributed by atoms with Crippen molar-refractivity contribution in [3.63, 3.8) is 0 Å². The fourth-order valence-electron chi connectivity index (χ4n) is 1.86. The summed E-state index contributed by atoms with van der Waals surface area (Å²) >= 11 is 5.66. The fourth-order valence-corrected chi connectivity index (χ4v) is 2.03. The number of hydrogen-bond acceptors (Lipinski definition) is 4. The molecule has 0 saturated carbocycles. The van der Waals surface area contributed by atoms with E-state index in [2.05, 4.69) is 15.0 Å². The third-order valence-corrected chi connectivity index (χ3v) is 2.90. The first-order valence-corrected chi connectivity index (χ1v) is 6.36. The fraction of sp³-hybridized carbons (Fsp3) is 0.545. The number of methoxy groups -OCH3 is 1. The molecule has 20 heavy (non-hydrogen) atoms. The van der Waals surface area contributed by atoms with Gasteiger partial charge in [-0.25, -0.2) is 9.97 Å². The monoisotopic (exact) mass is 308 g/mol. The molecule has 0 radical (unpaired) electrons. The third kappa shape index (κ3) is 3.12. The SMILES string of the molecule is COc1ncnc2c1nc(CCCl)n2CCC(F)(F)F. The topological polar surface area (TPSA) is 52.8 Å². The van der Waals surface area contributed by atoms with Crippen LogP contribution in [0.25, 0.3) is 11.2 Å². The molecule has 0 saturated heterocycles. The summed E-state index contributed by atoms with van der Waals surface area (Å²) in [7, 11) is 1.41. The van der Waals surface area contributed by atoms with Crippen molar-refractivity contribution < 1.29 is 17.9 Å². The lowest BCUT2D eigenvalue weighted by Crippen LogP contribution is -2.14. The molecule has 5 nitrogen and oxygen atoms in total. The van der Waals surface area contributed by atoms with Crippen LogP contribution in [0.1, 0.15) is 12.2 Å². The minimum Gasteiger partial charge on any atom is -0.479 e. The molecule has 0 N–H and O–H groups in total. The van der Waals surface area contributed by atoms with Crippen LogP contribution in [0.15, 0.2) is 6.33 Å². The molecule has 9 heteroatoms. The van der Waals surface area contributed by atoms with Gasteiger partial charge in [-0.2, -0.15) is 18.2 Å². The zero-order valence-corrected chi connectivity index (χ0v) is 11.4. The van der Waals surface area contributed by atoms with Gasteiger partial charge in [0.15, 0.2) is 11.2 Å². The number of hydrogen-bond donors (Lipinski definition) is 0. The molecule has 0 aromatic carbocycles. The van der Waals surface area contributed by atoms with Gasteiger partial charge in [-0.05, 0) is 0 Å². The number of nitrogens with zero attached hydrogens (tertiary/aromatic N) is 4. The van der Waals surface area contributed by atoms with Crippen molar-refractivity contribution in [1.29, 1.82) is 0 Å². The second kappa shape index (κ2) is 5.82. The molecule has 0 aliphatic carbocycles. The Kier molecular flexibility index (Phi) is 4.32. The number of ether oxygens (including phenoxy) is 1. The maximum Gasteiger partial charge on any atom is 0.390 e. The number of aryl methyl sites for hydroxylation is 2. The van der Waals surface area contributed by atoms with Crippen molar-refractivity contribution in [2.24, 2.45) is 0 Å². The van der Waals surface area contributed by atoms with E-state index in [4.69, 9.17) is 16.3 Å². The van der Waals surface area contributed by atoms with Gasteiger partial charge < -0.3 is 9.30 Å². The summed E-state index contributed by atoms with van der Waals surface area (Å²) in [4.78, 5) is 12.1. The lowest BCUT2D eigenvalue weighted by molar-refractivity contribution is -0.136. The molecule has 0 aliphatic rings. The van der Waals surface area contributed by atoms with Crippen LogP contribution in [-0.2, 0) is 13.0 Å². The molecular formula is C11H12ClF3N4O. The quantitative estimate of drug-likeness (QED) is 0.797. The molecule has 0 aliphatic heterocycles. The second-order valence-electron chi connectivity index (χ2n) is 4.04. The van der Waals surface area contributed by atoms with Crippen LogP contribution < -0.4 is 4.74 Å². The van der Waals surface area contributed by atoms with Crippen LogP contribution in [0.3, 0.4) is 0 Å². The lowest BCUT2D eigenvalue weighted by atomic mass is 10.4. The number of alkyl halides is 4. The van der Waals surface area contributed by atoms with Gasteiger partial charge in [-0.15, -0.1) is 11.6 Å². The second-order valence-corrected chi connectivity index (χ2v) is 4.42. The largest absolute Gasteiger partial charge is 0.479 e. The van der Waals surface area contributed by atoms with Gasteiger partial charge in [0, 0.05) is 18.8 Å². The molecule has 110 valence electrons. The van der Waals surface area contributed by atoms with Crippen molar-refractivity contribution >= 4 is 22.8 Å². The summed E-state index contributed by atoms with van der Waals surface area (Å²) in [6.45, 7) is -0.258. The van der Waals surface area contributed by atoms with Gasteiger partial charge in [0.05, 0.1) is 13.5 Å². The highest BCUT2D eigenvalue weighted by atomic mass is 35.5. The molecule has 0 unspecified atom stereocenters. The molecule has 0 atom stereocenters. The summed E-state index contributed by atoms with van der Waals surface area (Å²) in [6.07, 6.45) is -3.62. The summed E-state index contributed by atoms with van der Waals surface area (Å²) in [6, 6.07) is 0. The Labute approximate surface area is 117 Å². The number of rotatable bonds is 5. The Morgan fingerprint density at radius 1 is 1.35 bits per heavy atom. The van der Waals surface area contributed by atoms with E-state index in [1.807, 2.05) is 0 Å². The highest BCUT2D eigenvalue weighted by Gasteiger charge is 2.28. The van der Waals surface area contributed by atoms with E-state index in [9.17, 15) is 13.2 Å². The summed E-state index contributed by atoms with van der Waals surface area (Å²) in [5.41, 5.74) is 0.665. The molecular weight excluding hydrogens is 297 g/mol. The zero-order chi connectivity index (χ0) is 14.8. The van der Waals surface area contributed by atoms with Gasteiger partial charge in [-0.3, -0.25) is 0 Å². The van der Waals surface area contributed by atoms with Crippen molar-refractivity contribution in [2.45, 2.75) is 25.6 Å². The Bertz CT molecular complexity index is 599. The number of fused-ring (bicyclic) bond motifs is 1. The van der Waals surface area contributed by atoms with Crippen molar-refractivity contribution in [2.75, 3.05) is 13.0 Å². The highest BCUT2D eigenvalue weighted by Crippen LogP contribution is 2.25. The molecule has 2 rings (SSSR count). The Hall–Kier alpha value is -1.57. The smallest absolute Gasteiger partial charge is 0.390 e. The molecule has 2 aromatic heterocycles. The molecule has 0 spiro atoms. The standard InChI is InChI=1S/C11H12ClF3N4O/c1-20-10-8-9(16-6-17-10)19(5-3-11(13,14)15)7(18-8)2-4-12/h6H,2-5H2,1H3. The predicted molar refractivity (Wildman–Crippen MR) is 67.0 cm³/mol. The van der Waals surface area contributed by atoms with Crippen molar-refractivity contribution in [3.05, 3.63) is 12.2 Å². The van der Waals surface area contributed by atoms with Crippen LogP contribution in [-0.4, -0.2) is 38.7 Å². The van der Waals surface area contributed by atoms with E-state index < -0.39 is 12.6 Å². The van der Waals surface area contributed by atoms with Gasteiger partial charge in [0.1, 0.15) is 12.2 Å².